The summed E-state index contributed by atoms with van der Waals surface area (Å²) in [7, 11) is 1.64. The first-order valence-electron chi connectivity index (χ1n) is 8.71. The van der Waals surface area contributed by atoms with Gasteiger partial charge in [-0.3, -0.25) is 4.79 Å². The summed E-state index contributed by atoms with van der Waals surface area (Å²) < 4.78 is 36.0. The van der Waals surface area contributed by atoms with Gasteiger partial charge in [0.1, 0.15) is 5.82 Å². The molecule has 1 unspecified atom stereocenters. The highest BCUT2D eigenvalue weighted by molar-refractivity contribution is 7.09. The van der Waals surface area contributed by atoms with Crippen LogP contribution in [-0.2, 0) is 16.0 Å². The molecule has 25 heavy (non-hydrogen) atoms. The number of halogens is 2. The first-order valence-corrected chi connectivity index (χ1v) is 9.49. The summed E-state index contributed by atoms with van der Waals surface area (Å²) in [4.78, 5) is 20.9. The molecule has 3 rings (SSSR count). The molecule has 0 N–H and O–H groups in total. The SMILES string of the molecule is COCCc1nsc(N2CCCC(C(=O)N3CCC(F)(F)CC3)C2)n1. The fourth-order valence-electron chi connectivity index (χ4n) is 3.33. The quantitative estimate of drug-likeness (QED) is 0.791. The maximum atomic E-state index is 13.3. The van der Waals surface area contributed by atoms with Crippen LogP contribution < -0.4 is 4.90 Å². The first-order chi connectivity index (χ1) is 12.0. The van der Waals surface area contributed by atoms with Crippen LogP contribution in [0.5, 0.6) is 0 Å². The van der Waals surface area contributed by atoms with Gasteiger partial charge in [-0.05, 0) is 12.8 Å². The minimum absolute atomic E-state index is 0.00400. The fourth-order valence-corrected chi connectivity index (χ4v) is 4.08. The Morgan fingerprint density at radius 1 is 1.36 bits per heavy atom. The summed E-state index contributed by atoms with van der Waals surface area (Å²) in [6.45, 7) is 2.33. The molecule has 3 heterocycles. The molecule has 0 bridgehead atoms. The lowest BCUT2D eigenvalue weighted by atomic mass is 9.95. The van der Waals surface area contributed by atoms with Crippen LogP contribution >= 0.6 is 11.5 Å². The molecule has 0 aromatic carbocycles. The largest absolute Gasteiger partial charge is 0.384 e. The lowest BCUT2D eigenvalue weighted by Gasteiger charge is -2.37. The highest BCUT2D eigenvalue weighted by Crippen LogP contribution is 2.30. The number of likely N-dealkylation sites (tertiary alicyclic amines) is 1. The number of anilines is 1. The Morgan fingerprint density at radius 2 is 2.12 bits per heavy atom. The van der Waals surface area contributed by atoms with Crippen molar-refractivity contribution in [1.82, 2.24) is 14.3 Å². The van der Waals surface area contributed by atoms with Gasteiger partial charge in [0.2, 0.25) is 11.0 Å². The Kier molecular flexibility index (Phi) is 5.83. The molecule has 1 aromatic heterocycles. The van der Waals surface area contributed by atoms with Crippen molar-refractivity contribution in [3.05, 3.63) is 5.82 Å². The number of methoxy groups -OCH3 is 1. The lowest BCUT2D eigenvalue weighted by Crippen LogP contribution is -2.49. The van der Waals surface area contributed by atoms with Crippen LogP contribution in [0.1, 0.15) is 31.5 Å². The molecule has 0 aliphatic carbocycles. The van der Waals surface area contributed by atoms with E-state index in [-0.39, 0.29) is 37.8 Å². The van der Waals surface area contributed by atoms with E-state index in [2.05, 4.69) is 14.3 Å². The third kappa shape index (κ3) is 4.63. The number of carbonyl (C=O) groups excluding carboxylic acids is 1. The van der Waals surface area contributed by atoms with Crippen LogP contribution in [0.25, 0.3) is 0 Å². The zero-order chi connectivity index (χ0) is 17.9. The molecule has 2 aliphatic heterocycles. The van der Waals surface area contributed by atoms with Crippen molar-refractivity contribution in [2.24, 2.45) is 5.92 Å². The predicted molar refractivity (Wildman–Crippen MR) is 91.2 cm³/mol. The standard InChI is InChI=1S/C16H24F2N4O2S/c1-24-10-4-13-19-15(25-20-13)22-7-2-3-12(11-22)14(23)21-8-5-16(17,18)6-9-21/h12H,2-11H2,1H3. The van der Waals surface area contributed by atoms with E-state index in [0.717, 1.165) is 30.3 Å². The van der Waals surface area contributed by atoms with E-state index in [1.54, 1.807) is 12.0 Å². The van der Waals surface area contributed by atoms with Crippen LogP contribution in [0.15, 0.2) is 0 Å². The molecular weight excluding hydrogens is 350 g/mol. The fraction of sp³-hybridized carbons (Fsp3) is 0.812. The van der Waals surface area contributed by atoms with Crippen molar-refractivity contribution < 1.29 is 18.3 Å². The van der Waals surface area contributed by atoms with Crippen LogP contribution in [0, 0.1) is 5.92 Å². The normalized spacial score (nSPS) is 23.7. The van der Waals surface area contributed by atoms with E-state index in [1.807, 2.05) is 0 Å². The number of rotatable bonds is 5. The number of carbonyl (C=O) groups is 1. The summed E-state index contributed by atoms with van der Waals surface area (Å²) in [6.07, 6.45) is 1.92. The van der Waals surface area contributed by atoms with Crippen molar-refractivity contribution in [1.29, 1.82) is 0 Å². The zero-order valence-electron chi connectivity index (χ0n) is 14.4. The molecular formula is C16H24F2N4O2S. The number of hydrogen-bond donors (Lipinski definition) is 0. The first kappa shape index (κ1) is 18.4. The van der Waals surface area contributed by atoms with E-state index in [0.29, 0.717) is 19.6 Å². The van der Waals surface area contributed by atoms with Crippen molar-refractivity contribution in [2.75, 3.05) is 44.8 Å². The second-order valence-electron chi connectivity index (χ2n) is 6.70. The van der Waals surface area contributed by atoms with E-state index >= 15 is 0 Å². The zero-order valence-corrected chi connectivity index (χ0v) is 15.2. The van der Waals surface area contributed by atoms with Gasteiger partial charge in [0.25, 0.3) is 5.92 Å². The number of piperidine rings is 2. The summed E-state index contributed by atoms with van der Waals surface area (Å²) in [6, 6.07) is 0. The molecule has 140 valence electrons. The number of amides is 1. The monoisotopic (exact) mass is 374 g/mol. The number of ether oxygens (including phenoxy) is 1. The molecule has 1 atom stereocenters. The maximum Gasteiger partial charge on any atom is 0.251 e. The maximum absolute atomic E-state index is 13.3. The van der Waals surface area contributed by atoms with Gasteiger partial charge >= 0.3 is 0 Å². The van der Waals surface area contributed by atoms with Gasteiger partial charge in [-0.2, -0.15) is 4.37 Å². The molecule has 9 heteroatoms. The molecule has 1 aromatic rings. The van der Waals surface area contributed by atoms with Gasteiger partial charge < -0.3 is 14.5 Å². The molecule has 2 aliphatic rings. The minimum Gasteiger partial charge on any atom is -0.384 e. The third-order valence-electron chi connectivity index (χ3n) is 4.83. The summed E-state index contributed by atoms with van der Waals surface area (Å²) >= 11 is 1.34. The summed E-state index contributed by atoms with van der Waals surface area (Å²) in [5.74, 6) is -2.01. The van der Waals surface area contributed by atoms with Crippen LogP contribution in [0.2, 0.25) is 0 Å². The summed E-state index contributed by atoms with van der Waals surface area (Å²) in [5.41, 5.74) is 0. The number of nitrogens with zero attached hydrogens (tertiary/aromatic N) is 4. The van der Waals surface area contributed by atoms with Gasteiger partial charge in [-0.25, -0.2) is 13.8 Å². The Balaban J connectivity index is 1.57. The van der Waals surface area contributed by atoms with Gasteiger partial charge in [-0.15, -0.1) is 0 Å². The Bertz CT molecular complexity index is 588. The summed E-state index contributed by atoms with van der Waals surface area (Å²) in [5, 5.41) is 0.828. The average Bonchev–Trinajstić information content (AvgIpc) is 3.08. The second-order valence-corrected chi connectivity index (χ2v) is 7.43. The van der Waals surface area contributed by atoms with Crippen LogP contribution in [0.3, 0.4) is 0 Å². The number of alkyl halides is 2. The van der Waals surface area contributed by atoms with Crippen molar-refractivity contribution in [2.45, 2.75) is 38.0 Å². The second kappa shape index (κ2) is 7.90. The van der Waals surface area contributed by atoms with Crippen LogP contribution in [-0.4, -0.2) is 66.0 Å². The highest BCUT2D eigenvalue weighted by atomic mass is 32.1. The van der Waals surface area contributed by atoms with E-state index in [9.17, 15) is 13.6 Å². The van der Waals surface area contributed by atoms with Crippen molar-refractivity contribution >= 4 is 22.6 Å². The van der Waals surface area contributed by atoms with Gasteiger partial charge in [0.15, 0.2) is 0 Å². The molecule has 2 fully saturated rings. The molecule has 0 spiro atoms. The lowest BCUT2D eigenvalue weighted by molar-refractivity contribution is -0.141. The van der Waals surface area contributed by atoms with Crippen LogP contribution in [0.4, 0.5) is 13.9 Å². The smallest absolute Gasteiger partial charge is 0.251 e. The molecule has 6 nitrogen and oxygen atoms in total. The Morgan fingerprint density at radius 3 is 2.84 bits per heavy atom. The minimum atomic E-state index is -2.62. The van der Waals surface area contributed by atoms with Crippen molar-refractivity contribution in [3.8, 4) is 0 Å². The van der Waals surface area contributed by atoms with Crippen molar-refractivity contribution in [3.63, 3.8) is 0 Å². The Hall–Kier alpha value is -1.35. The van der Waals surface area contributed by atoms with E-state index in [1.165, 1.54) is 11.5 Å². The molecule has 2 saturated heterocycles. The topological polar surface area (TPSA) is 58.6 Å². The molecule has 0 radical (unpaired) electrons. The number of hydrogen-bond acceptors (Lipinski definition) is 6. The molecule has 0 saturated carbocycles. The van der Waals surface area contributed by atoms with E-state index in [4.69, 9.17) is 4.74 Å². The van der Waals surface area contributed by atoms with Gasteiger partial charge in [-0.1, -0.05) is 0 Å². The molecule has 1 amide bonds. The van der Waals surface area contributed by atoms with Gasteiger partial charge in [0.05, 0.1) is 12.5 Å². The number of aromatic nitrogens is 2. The highest BCUT2D eigenvalue weighted by Gasteiger charge is 2.38. The Labute approximate surface area is 150 Å². The predicted octanol–water partition coefficient (Wildman–Crippen LogP) is 2.20. The third-order valence-corrected chi connectivity index (χ3v) is 5.65. The van der Waals surface area contributed by atoms with Gasteiger partial charge in [0, 0.05) is 64.1 Å². The van der Waals surface area contributed by atoms with E-state index < -0.39 is 5.92 Å². The average molecular weight is 374 g/mol.